The second-order valence-corrected chi connectivity index (χ2v) is 6.91. The molecule has 3 rings (SSSR count). The average molecular weight is 303 g/mol. The van der Waals surface area contributed by atoms with Crippen LogP contribution >= 0.6 is 0 Å². The molecule has 1 atom stereocenters. The number of aryl methyl sites for hydroxylation is 2. The van der Waals surface area contributed by atoms with E-state index < -0.39 is 10.0 Å². The van der Waals surface area contributed by atoms with Gasteiger partial charge >= 0.3 is 0 Å². The van der Waals surface area contributed by atoms with Gasteiger partial charge in [0.25, 0.3) is 0 Å². The summed E-state index contributed by atoms with van der Waals surface area (Å²) >= 11 is 0. The zero-order chi connectivity index (χ0) is 14.9. The van der Waals surface area contributed by atoms with Crippen molar-refractivity contribution in [3.05, 3.63) is 53.6 Å². The van der Waals surface area contributed by atoms with Crippen molar-refractivity contribution in [3.8, 4) is 0 Å². The van der Waals surface area contributed by atoms with E-state index in [1.54, 1.807) is 36.5 Å². The Morgan fingerprint density at radius 2 is 2.00 bits per heavy atom. The highest BCUT2D eigenvalue weighted by molar-refractivity contribution is 7.89. The van der Waals surface area contributed by atoms with E-state index in [1.165, 1.54) is 0 Å². The monoisotopic (exact) mass is 303 g/mol. The van der Waals surface area contributed by atoms with Crippen LogP contribution < -0.4 is 4.72 Å². The molecule has 0 spiro atoms. The Hall–Kier alpha value is -1.79. The van der Waals surface area contributed by atoms with Crippen LogP contribution in [-0.4, -0.2) is 18.4 Å². The fourth-order valence-electron chi connectivity index (χ4n) is 2.62. The number of fused-ring (bicyclic) bond motifs is 1. The van der Waals surface area contributed by atoms with E-state index in [0.717, 1.165) is 36.3 Å². The van der Waals surface area contributed by atoms with Crippen LogP contribution in [0, 0.1) is 6.92 Å². The van der Waals surface area contributed by atoms with E-state index in [9.17, 15) is 8.42 Å². The maximum Gasteiger partial charge on any atom is 0.241 e. The predicted molar refractivity (Wildman–Crippen MR) is 79.2 cm³/mol. The molecule has 0 fully saturated rings. The van der Waals surface area contributed by atoms with E-state index in [1.807, 2.05) is 6.92 Å². The molecule has 21 heavy (non-hydrogen) atoms. The Morgan fingerprint density at radius 3 is 2.76 bits per heavy atom. The van der Waals surface area contributed by atoms with Crippen LogP contribution in [0.3, 0.4) is 0 Å². The van der Waals surface area contributed by atoms with Gasteiger partial charge in [-0.3, -0.25) is 0 Å². The molecule has 1 aliphatic rings. The summed E-state index contributed by atoms with van der Waals surface area (Å²) < 4.78 is 27.6. The van der Waals surface area contributed by atoms with Gasteiger partial charge in [-0.2, -0.15) is 0 Å². The first-order valence-corrected chi connectivity index (χ1v) is 8.44. The van der Waals surface area contributed by atoms with Crippen molar-refractivity contribution >= 4 is 10.0 Å². The van der Waals surface area contributed by atoms with Gasteiger partial charge in [0.05, 0.1) is 10.9 Å². The second-order valence-electron chi connectivity index (χ2n) is 5.20. The van der Waals surface area contributed by atoms with Gasteiger partial charge in [-0.15, -0.1) is 0 Å². The summed E-state index contributed by atoms with van der Waals surface area (Å²) in [6.45, 7) is 1.85. The van der Waals surface area contributed by atoms with Gasteiger partial charge in [-0.25, -0.2) is 23.1 Å². The largest absolute Gasteiger partial charge is 0.241 e. The van der Waals surface area contributed by atoms with Crippen LogP contribution in [-0.2, 0) is 16.4 Å². The molecule has 0 unspecified atom stereocenters. The zero-order valence-electron chi connectivity index (χ0n) is 11.8. The minimum atomic E-state index is -3.52. The van der Waals surface area contributed by atoms with Gasteiger partial charge in [0.2, 0.25) is 10.0 Å². The summed E-state index contributed by atoms with van der Waals surface area (Å²) in [6.07, 6.45) is 4.31. The molecule has 2 aromatic rings. The molecule has 0 saturated heterocycles. The molecule has 1 heterocycles. The SMILES string of the molecule is Cc1ncc2c(n1)CCC[C@H]2NS(=O)(=O)c1ccccc1. The first-order valence-electron chi connectivity index (χ1n) is 6.96. The molecule has 0 aliphatic heterocycles. The molecule has 1 aliphatic carbocycles. The third-order valence-electron chi connectivity index (χ3n) is 3.65. The van der Waals surface area contributed by atoms with E-state index in [4.69, 9.17) is 0 Å². The van der Waals surface area contributed by atoms with E-state index in [2.05, 4.69) is 14.7 Å². The van der Waals surface area contributed by atoms with Crippen LogP contribution in [0.2, 0.25) is 0 Å². The second kappa shape index (κ2) is 5.54. The van der Waals surface area contributed by atoms with E-state index in [-0.39, 0.29) is 10.9 Å². The Morgan fingerprint density at radius 1 is 1.24 bits per heavy atom. The molecule has 0 bridgehead atoms. The molecular weight excluding hydrogens is 286 g/mol. The molecule has 6 heteroatoms. The Labute approximate surface area is 124 Å². The molecule has 0 radical (unpaired) electrons. The first-order chi connectivity index (χ1) is 10.1. The molecule has 1 N–H and O–H groups in total. The van der Waals surface area contributed by atoms with Gasteiger partial charge in [0.15, 0.2) is 0 Å². The summed E-state index contributed by atoms with van der Waals surface area (Å²) in [5, 5.41) is 0. The highest BCUT2D eigenvalue weighted by atomic mass is 32.2. The minimum absolute atomic E-state index is 0.250. The van der Waals surface area contributed by atoms with Crippen LogP contribution in [0.25, 0.3) is 0 Å². The zero-order valence-corrected chi connectivity index (χ0v) is 12.6. The fourth-order valence-corrected chi connectivity index (χ4v) is 3.89. The highest BCUT2D eigenvalue weighted by Gasteiger charge is 2.26. The first kappa shape index (κ1) is 14.2. The van der Waals surface area contributed by atoms with Gasteiger partial charge < -0.3 is 0 Å². The lowest BCUT2D eigenvalue weighted by Crippen LogP contribution is -2.31. The van der Waals surface area contributed by atoms with Crippen LogP contribution in [0.15, 0.2) is 41.4 Å². The number of aromatic nitrogens is 2. The third-order valence-corrected chi connectivity index (χ3v) is 5.14. The lowest BCUT2D eigenvalue weighted by atomic mass is 9.93. The molecule has 1 aromatic carbocycles. The smallest absolute Gasteiger partial charge is 0.241 e. The van der Waals surface area contributed by atoms with Crippen LogP contribution in [0.4, 0.5) is 0 Å². The van der Waals surface area contributed by atoms with Gasteiger partial charge in [0, 0.05) is 17.5 Å². The van der Waals surface area contributed by atoms with Gasteiger partial charge in [-0.1, -0.05) is 18.2 Å². The number of nitrogens with one attached hydrogen (secondary N) is 1. The number of hydrogen-bond acceptors (Lipinski definition) is 4. The molecule has 5 nitrogen and oxygen atoms in total. The Bertz CT molecular complexity index is 745. The quantitative estimate of drug-likeness (QED) is 0.943. The molecule has 1 aromatic heterocycles. The molecule has 0 amide bonds. The van der Waals surface area contributed by atoms with Crippen LogP contribution in [0.1, 0.15) is 36.0 Å². The summed E-state index contributed by atoms with van der Waals surface area (Å²) in [5.74, 6) is 0.723. The van der Waals surface area contributed by atoms with E-state index >= 15 is 0 Å². The number of sulfonamides is 1. The number of hydrogen-bond donors (Lipinski definition) is 1. The van der Waals surface area contributed by atoms with Crippen molar-refractivity contribution < 1.29 is 8.42 Å². The van der Waals surface area contributed by atoms with Gasteiger partial charge in [0.1, 0.15) is 5.82 Å². The van der Waals surface area contributed by atoms with Crippen molar-refractivity contribution in [2.24, 2.45) is 0 Å². The van der Waals surface area contributed by atoms with Crippen molar-refractivity contribution in [1.29, 1.82) is 0 Å². The lowest BCUT2D eigenvalue weighted by molar-refractivity contribution is 0.499. The Kier molecular flexibility index (Phi) is 3.73. The number of rotatable bonds is 3. The average Bonchev–Trinajstić information content (AvgIpc) is 2.48. The normalized spacial score (nSPS) is 18.2. The van der Waals surface area contributed by atoms with E-state index in [0.29, 0.717) is 0 Å². The van der Waals surface area contributed by atoms with Crippen molar-refractivity contribution in [2.45, 2.75) is 37.1 Å². The van der Waals surface area contributed by atoms with Crippen molar-refractivity contribution in [1.82, 2.24) is 14.7 Å². The highest BCUT2D eigenvalue weighted by Crippen LogP contribution is 2.29. The fraction of sp³-hybridized carbons (Fsp3) is 0.333. The summed E-state index contributed by atoms with van der Waals surface area (Å²) in [4.78, 5) is 8.90. The standard InChI is InChI=1S/C15H17N3O2S/c1-11-16-10-13-14(17-11)8-5-9-15(13)18-21(19,20)12-6-3-2-4-7-12/h2-4,6-7,10,15,18H,5,8-9H2,1H3/t15-/m1/s1. The van der Waals surface area contributed by atoms with Gasteiger partial charge in [-0.05, 0) is 38.3 Å². The predicted octanol–water partition coefficient (Wildman–Crippen LogP) is 2.14. The Balaban J connectivity index is 1.90. The number of benzene rings is 1. The van der Waals surface area contributed by atoms with Crippen molar-refractivity contribution in [3.63, 3.8) is 0 Å². The molecule has 0 saturated carbocycles. The summed E-state index contributed by atoms with van der Waals surface area (Å²) in [5.41, 5.74) is 1.85. The summed E-state index contributed by atoms with van der Waals surface area (Å²) in [7, 11) is -3.52. The molecule has 110 valence electrons. The number of nitrogens with zero attached hydrogens (tertiary/aromatic N) is 2. The minimum Gasteiger partial charge on any atom is -0.241 e. The van der Waals surface area contributed by atoms with Crippen LogP contribution in [0.5, 0.6) is 0 Å². The third kappa shape index (κ3) is 2.96. The van der Waals surface area contributed by atoms with Crippen molar-refractivity contribution in [2.75, 3.05) is 0 Å². The topological polar surface area (TPSA) is 72.0 Å². The molecular formula is C15H17N3O2S. The summed E-state index contributed by atoms with van der Waals surface area (Å²) in [6, 6.07) is 8.17. The lowest BCUT2D eigenvalue weighted by Gasteiger charge is -2.25. The maximum absolute atomic E-state index is 12.4. The maximum atomic E-state index is 12.4.